The van der Waals surface area contributed by atoms with Gasteiger partial charge >= 0.3 is 5.69 Å². The normalized spacial score (nSPS) is 10.9. The summed E-state index contributed by atoms with van der Waals surface area (Å²) in [5.41, 5.74) is 8.02. The van der Waals surface area contributed by atoms with Gasteiger partial charge in [-0.05, 0) is 24.1 Å². The fourth-order valence-corrected chi connectivity index (χ4v) is 2.92. The molecule has 0 spiro atoms. The molecule has 6 heteroatoms. The van der Waals surface area contributed by atoms with Gasteiger partial charge in [0.25, 0.3) is 0 Å². The number of aromatic nitrogens is 2. The number of hydrogen-bond donors (Lipinski definition) is 2. The molecule has 1 heterocycles. The first-order valence-electron chi connectivity index (χ1n) is 8.38. The summed E-state index contributed by atoms with van der Waals surface area (Å²) in [5.74, 6) is -0.103. The Morgan fingerprint density at radius 3 is 2.52 bits per heavy atom. The summed E-state index contributed by atoms with van der Waals surface area (Å²) < 4.78 is 1.48. The molecule has 0 aliphatic rings. The van der Waals surface area contributed by atoms with Crippen molar-refractivity contribution in [1.82, 2.24) is 14.5 Å². The summed E-state index contributed by atoms with van der Waals surface area (Å²) in [4.78, 5) is 29.4. The Bertz CT molecular complexity index is 898. The number of para-hydroxylation sites is 2. The Morgan fingerprint density at radius 1 is 1.04 bits per heavy atom. The lowest BCUT2D eigenvalue weighted by atomic mass is 10.1. The molecule has 3 rings (SSSR count). The summed E-state index contributed by atoms with van der Waals surface area (Å²) in [6.07, 6.45) is 0.759. The Labute approximate surface area is 145 Å². The van der Waals surface area contributed by atoms with E-state index in [0.717, 1.165) is 17.5 Å². The van der Waals surface area contributed by atoms with Crippen molar-refractivity contribution in [2.24, 2.45) is 5.73 Å². The number of hydrogen-bond acceptors (Lipinski definition) is 3. The maximum absolute atomic E-state index is 12.7. The van der Waals surface area contributed by atoms with Gasteiger partial charge in [0.15, 0.2) is 0 Å². The lowest BCUT2D eigenvalue weighted by Gasteiger charge is -2.22. The molecule has 0 bridgehead atoms. The zero-order valence-electron chi connectivity index (χ0n) is 14.0. The van der Waals surface area contributed by atoms with E-state index in [9.17, 15) is 9.59 Å². The zero-order chi connectivity index (χ0) is 17.6. The first kappa shape index (κ1) is 17.0. The average molecular weight is 338 g/mol. The number of amides is 1. The fourth-order valence-electron chi connectivity index (χ4n) is 2.92. The van der Waals surface area contributed by atoms with Crippen molar-refractivity contribution in [3.05, 3.63) is 70.6 Å². The Balaban J connectivity index is 1.74. The van der Waals surface area contributed by atoms with E-state index in [1.807, 2.05) is 54.6 Å². The number of carbonyl (C=O) groups is 1. The highest BCUT2D eigenvalue weighted by molar-refractivity contribution is 5.80. The molecule has 1 aromatic heterocycles. The van der Waals surface area contributed by atoms with Crippen LogP contribution in [0.15, 0.2) is 59.4 Å². The van der Waals surface area contributed by atoms with E-state index in [-0.39, 0.29) is 18.1 Å². The van der Waals surface area contributed by atoms with Gasteiger partial charge in [-0.3, -0.25) is 9.36 Å². The third-order valence-corrected chi connectivity index (χ3v) is 4.24. The number of carbonyl (C=O) groups excluding carboxylic acids is 1. The third kappa shape index (κ3) is 3.97. The van der Waals surface area contributed by atoms with E-state index in [1.165, 1.54) is 10.1 Å². The van der Waals surface area contributed by atoms with Crippen LogP contribution in [0, 0.1) is 0 Å². The van der Waals surface area contributed by atoms with Gasteiger partial charge < -0.3 is 15.6 Å². The predicted octanol–water partition coefficient (Wildman–Crippen LogP) is 1.36. The van der Waals surface area contributed by atoms with Crippen LogP contribution in [0.25, 0.3) is 11.0 Å². The fraction of sp³-hybridized carbons (Fsp3) is 0.263. The van der Waals surface area contributed by atoms with Crippen molar-refractivity contribution >= 4 is 16.9 Å². The van der Waals surface area contributed by atoms with Crippen LogP contribution in [0.3, 0.4) is 0 Å². The molecule has 130 valence electrons. The molecule has 6 nitrogen and oxygen atoms in total. The predicted molar refractivity (Wildman–Crippen MR) is 98.3 cm³/mol. The average Bonchev–Trinajstić information content (AvgIpc) is 2.95. The van der Waals surface area contributed by atoms with Crippen molar-refractivity contribution in [3.8, 4) is 0 Å². The van der Waals surface area contributed by atoms with Gasteiger partial charge in [-0.1, -0.05) is 42.5 Å². The molecule has 0 unspecified atom stereocenters. The summed E-state index contributed by atoms with van der Waals surface area (Å²) in [6, 6.07) is 17.4. The van der Waals surface area contributed by atoms with Gasteiger partial charge in [-0.25, -0.2) is 4.79 Å². The molecule has 0 aliphatic carbocycles. The number of nitrogens with one attached hydrogen (secondary N) is 1. The number of imidazole rings is 1. The van der Waals surface area contributed by atoms with Crippen LogP contribution in [-0.4, -0.2) is 40.0 Å². The minimum atomic E-state index is -0.273. The summed E-state index contributed by atoms with van der Waals surface area (Å²) >= 11 is 0. The Hall–Kier alpha value is -2.86. The van der Waals surface area contributed by atoms with E-state index < -0.39 is 0 Å². The van der Waals surface area contributed by atoms with E-state index in [2.05, 4.69) is 4.98 Å². The Kier molecular flexibility index (Phi) is 5.30. The molecule has 0 fully saturated rings. The second-order valence-electron chi connectivity index (χ2n) is 5.94. The van der Waals surface area contributed by atoms with Gasteiger partial charge in [0.2, 0.25) is 5.91 Å². The Morgan fingerprint density at radius 2 is 1.76 bits per heavy atom. The first-order chi connectivity index (χ1) is 12.2. The van der Waals surface area contributed by atoms with Gasteiger partial charge in [0.1, 0.15) is 6.54 Å². The quantitative estimate of drug-likeness (QED) is 0.682. The molecule has 0 saturated carbocycles. The molecule has 25 heavy (non-hydrogen) atoms. The monoisotopic (exact) mass is 338 g/mol. The maximum atomic E-state index is 12.7. The van der Waals surface area contributed by atoms with Crippen LogP contribution in [-0.2, 0) is 17.8 Å². The lowest BCUT2D eigenvalue weighted by Crippen LogP contribution is -2.40. The zero-order valence-corrected chi connectivity index (χ0v) is 14.0. The van der Waals surface area contributed by atoms with Crippen LogP contribution >= 0.6 is 0 Å². The number of benzene rings is 2. The molecule has 3 N–H and O–H groups in total. The van der Waals surface area contributed by atoms with Crippen LogP contribution < -0.4 is 11.4 Å². The largest absolute Gasteiger partial charge is 0.340 e. The molecular weight excluding hydrogens is 316 g/mol. The SMILES string of the molecule is NCCN(CCc1ccccc1)C(=O)Cn1c(=O)[nH]c2ccccc21. The molecule has 2 aromatic carbocycles. The lowest BCUT2D eigenvalue weighted by molar-refractivity contribution is -0.131. The van der Waals surface area contributed by atoms with Crippen LogP contribution in [0.1, 0.15) is 5.56 Å². The highest BCUT2D eigenvalue weighted by Crippen LogP contribution is 2.09. The summed E-state index contributed by atoms with van der Waals surface area (Å²) in [5, 5.41) is 0. The topological polar surface area (TPSA) is 84.1 Å². The molecule has 3 aromatic rings. The van der Waals surface area contributed by atoms with Crippen LogP contribution in [0.4, 0.5) is 0 Å². The maximum Gasteiger partial charge on any atom is 0.326 e. The first-order valence-corrected chi connectivity index (χ1v) is 8.38. The minimum Gasteiger partial charge on any atom is -0.340 e. The number of nitrogens with zero attached hydrogens (tertiary/aromatic N) is 2. The van der Waals surface area contributed by atoms with E-state index in [4.69, 9.17) is 5.73 Å². The molecule has 0 saturated heterocycles. The highest BCUT2D eigenvalue weighted by Gasteiger charge is 2.16. The summed E-state index contributed by atoms with van der Waals surface area (Å²) in [7, 11) is 0. The number of nitrogens with two attached hydrogens (primary N) is 1. The van der Waals surface area contributed by atoms with Gasteiger partial charge in [0.05, 0.1) is 11.0 Å². The van der Waals surface area contributed by atoms with Crippen molar-refractivity contribution in [2.45, 2.75) is 13.0 Å². The molecule has 0 atom stereocenters. The van der Waals surface area contributed by atoms with E-state index in [1.54, 1.807) is 4.90 Å². The van der Waals surface area contributed by atoms with Gasteiger partial charge in [0, 0.05) is 19.6 Å². The number of rotatable bonds is 7. The molecule has 1 amide bonds. The minimum absolute atomic E-state index is 0.0115. The smallest absolute Gasteiger partial charge is 0.326 e. The van der Waals surface area contributed by atoms with Gasteiger partial charge in [-0.15, -0.1) is 0 Å². The van der Waals surface area contributed by atoms with Crippen molar-refractivity contribution in [2.75, 3.05) is 19.6 Å². The number of H-pyrrole nitrogens is 1. The van der Waals surface area contributed by atoms with Crippen molar-refractivity contribution < 1.29 is 4.79 Å². The second kappa shape index (κ2) is 7.81. The third-order valence-electron chi connectivity index (χ3n) is 4.24. The molecular formula is C19H22N4O2. The van der Waals surface area contributed by atoms with E-state index in [0.29, 0.717) is 19.6 Å². The van der Waals surface area contributed by atoms with Crippen LogP contribution in [0.5, 0.6) is 0 Å². The standard InChI is InChI=1S/C19H22N4O2/c20-11-13-22(12-10-15-6-2-1-3-7-15)18(24)14-23-17-9-5-4-8-16(17)21-19(23)25/h1-9H,10-14,20H2,(H,21,25). The molecule has 0 radical (unpaired) electrons. The number of fused-ring (bicyclic) bond motifs is 1. The molecule has 0 aliphatic heterocycles. The number of aromatic amines is 1. The van der Waals surface area contributed by atoms with Crippen molar-refractivity contribution in [3.63, 3.8) is 0 Å². The van der Waals surface area contributed by atoms with Crippen molar-refractivity contribution in [1.29, 1.82) is 0 Å². The second-order valence-corrected chi connectivity index (χ2v) is 5.94. The van der Waals surface area contributed by atoms with E-state index >= 15 is 0 Å². The van der Waals surface area contributed by atoms with Gasteiger partial charge in [-0.2, -0.15) is 0 Å². The summed E-state index contributed by atoms with van der Waals surface area (Å²) in [6.45, 7) is 1.46. The van der Waals surface area contributed by atoms with Crippen LogP contribution in [0.2, 0.25) is 0 Å². The highest BCUT2D eigenvalue weighted by atomic mass is 16.2.